The van der Waals surface area contributed by atoms with Crippen molar-refractivity contribution in [1.82, 2.24) is 25.6 Å². The van der Waals surface area contributed by atoms with Crippen LogP contribution < -0.4 is 20.7 Å². The van der Waals surface area contributed by atoms with Crippen LogP contribution in [0.5, 0.6) is 11.8 Å². The van der Waals surface area contributed by atoms with Gasteiger partial charge in [-0.05, 0) is 32.0 Å². The number of aromatic nitrogens is 3. The number of anilines is 1. The fraction of sp³-hybridized carbons (Fsp3) is 0.227. The van der Waals surface area contributed by atoms with Gasteiger partial charge in [-0.3, -0.25) is 9.59 Å². The predicted molar refractivity (Wildman–Crippen MR) is 122 cm³/mol. The Morgan fingerprint density at radius 1 is 1.24 bits per heavy atom. The number of amides is 2. The van der Waals surface area contributed by atoms with Crippen LogP contribution in [0.2, 0.25) is 5.15 Å². The highest BCUT2D eigenvalue weighted by atomic mass is 35.5. The third-order valence-electron chi connectivity index (χ3n) is 5.09. The molecular weight excluding hydrogens is 448 g/mol. The van der Waals surface area contributed by atoms with Gasteiger partial charge in [-0.2, -0.15) is 4.98 Å². The normalized spacial score (nSPS) is 15.5. The monoisotopic (exact) mass is 466 g/mol. The van der Waals surface area contributed by atoms with Crippen molar-refractivity contribution in [3.05, 3.63) is 47.1 Å². The molecule has 4 aromatic rings. The first-order valence-corrected chi connectivity index (χ1v) is 10.7. The van der Waals surface area contributed by atoms with E-state index in [1.165, 1.54) is 6.07 Å². The van der Waals surface area contributed by atoms with Gasteiger partial charge in [-0.15, -0.1) is 0 Å². The highest BCUT2D eigenvalue weighted by Crippen LogP contribution is 2.37. The lowest BCUT2D eigenvalue weighted by Crippen LogP contribution is -2.34. The summed E-state index contributed by atoms with van der Waals surface area (Å²) in [6.45, 7) is 4.70. The maximum Gasteiger partial charge on any atom is 0.289 e. The molecule has 33 heavy (non-hydrogen) atoms. The van der Waals surface area contributed by atoms with E-state index >= 15 is 0 Å². The smallest absolute Gasteiger partial charge is 0.289 e. The van der Waals surface area contributed by atoms with Crippen LogP contribution in [0.4, 0.5) is 5.69 Å². The van der Waals surface area contributed by atoms with E-state index in [0.29, 0.717) is 29.9 Å². The van der Waals surface area contributed by atoms with Crippen LogP contribution in [-0.2, 0) is 0 Å². The standard InChI is InChI=1S/C22H19ClN6O4/c1-3-24-22(31)20-28-14(23)8-16(29-20)33-15-7-4-11-12(27-15)5-6-13-17(11)18-19(32-13)21(30)26-10(2)9-25-18/h4-8,10,25H,3,9H2,1-2H3,(H,24,31)(H,26,30). The first-order valence-electron chi connectivity index (χ1n) is 10.3. The van der Waals surface area contributed by atoms with Gasteiger partial charge in [0.25, 0.3) is 11.8 Å². The summed E-state index contributed by atoms with van der Waals surface area (Å²) in [5.41, 5.74) is 1.85. The summed E-state index contributed by atoms with van der Waals surface area (Å²) >= 11 is 6.03. The third-order valence-corrected chi connectivity index (χ3v) is 5.28. The Hall–Kier alpha value is -3.92. The summed E-state index contributed by atoms with van der Waals surface area (Å²) in [4.78, 5) is 37.1. The van der Waals surface area contributed by atoms with Gasteiger partial charge in [-0.1, -0.05) is 11.6 Å². The van der Waals surface area contributed by atoms with Crippen LogP contribution in [0.15, 0.2) is 34.7 Å². The summed E-state index contributed by atoms with van der Waals surface area (Å²) in [5, 5.41) is 10.4. The number of pyridine rings is 1. The Bertz CT molecular complexity index is 1420. The van der Waals surface area contributed by atoms with Crippen molar-refractivity contribution in [1.29, 1.82) is 0 Å². The van der Waals surface area contributed by atoms with Gasteiger partial charge in [0, 0.05) is 36.7 Å². The van der Waals surface area contributed by atoms with Crippen LogP contribution in [0.3, 0.4) is 0 Å². The molecule has 2 amide bonds. The molecular formula is C22H19ClN6O4. The van der Waals surface area contributed by atoms with E-state index in [4.69, 9.17) is 20.8 Å². The van der Waals surface area contributed by atoms with E-state index in [9.17, 15) is 9.59 Å². The van der Waals surface area contributed by atoms with E-state index < -0.39 is 5.91 Å². The van der Waals surface area contributed by atoms with E-state index in [-0.39, 0.29) is 40.4 Å². The zero-order valence-electron chi connectivity index (χ0n) is 17.7. The molecule has 0 spiro atoms. The molecule has 1 atom stereocenters. The van der Waals surface area contributed by atoms with Gasteiger partial charge in [0.1, 0.15) is 10.7 Å². The Morgan fingerprint density at radius 3 is 2.91 bits per heavy atom. The number of carbonyl (C=O) groups excluding carboxylic acids is 2. The highest BCUT2D eigenvalue weighted by molar-refractivity contribution is 6.29. The molecule has 0 fully saturated rings. The summed E-state index contributed by atoms with van der Waals surface area (Å²) in [6.07, 6.45) is 0. The lowest BCUT2D eigenvalue weighted by Gasteiger charge is -2.10. The number of carbonyl (C=O) groups is 2. The summed E-state index contributed by atoms with van der Waals surface area (Å²) in [7, 11) is 0. The zero-order valence-corrected chi connectivity index (χ0v) is 18.5. The van der Waals surface area contributed by atoms with Crippen molar-refractivity contribution in [3.8, 4) is 11.8 Å². The second-order valence-electron chi connectivity index (χ2n) is 7.53. The second-order valence-corrected chi connectivity index (χ2v) is 7.92. The summed E-state index contributed by atoms with van der Waals surface area (Å²) < 4.78 is 11.6. The minimum atomic E-state index is -0.454. The van der Waals surface area contributed by atoms with E-state index in [1.807, 2.05) is 13.0 Å². The molecule has 0 saturated carbocycles. The Labute approximate surface area is 192 Å². The van der Waals surface area contributed by atoms with Gasteiger partial charge in [0.05, 0.1) is 16.6 Å². The molecule has 0 bridgehead atoms. The quantitative estimate of drug-likeness (QED) is 0.389. The Morgan fingerprint density at radius 2 is 2.09 bits per heavy atom. The number of ether oxygens (including phenoxy) is 1. The van der Waals surface area contributed by atoms with Crippen LogP contribution in [-0.4, -0.2) is 45.9 Å². The number of nitrogens with one attached hydrogen (secondary N) is 3. The first kappa shape index (κ1) is 21.0. The summed E-state index contributed by atoms with van der Waals surface area (Å²) in [6, 6.07) is 8.41. The third kappa shape index (κ3) is 3.89. The number of halogens is 1. The fourth-order valence-corrected chi connectivity index (χ4v) is 3.83. The molecule has 4 heterocycles. The average Bonchev–Trinajstić information content (AvgIpc) is 3.10. The number of furan rings is 1. The molecule has 168 valence electrons. The van der Waals surface area contributed by atoms with Crippen LogP contribution in [0.1, 0.15) is 35.0 Å². The molecule has 1 aromatic carbocycles. The molecule has 0 aliphatic carbocycles. The number of rotatable bonds is 4. The van der Waals surface area contributed by atoms with Crippen molar-refractivity contribution < 1.29 is 18.7 Å². The number of fused-ring (bicyclic) bond motifs is 5. The number of hydrogen-bond donors (Lipinski definition) is 3. The van der Waals surface area contributed by atoms with Crippen molar-refractivity contribution >= 4 is 51.0 Å². The van der Waals surface area contributed by atoms with Gasteiger partial charge in [0.2, 0.25) is 23.3 Å². The van der Waals surface area contributed by atoms with Gasteiger partial charge >= 0.3 is 0 Å². The van der Waals surface area contributed by atoms with Gasteiger partial charge in [0.15, 0.2) is 0 Å². The second kappa shape index (κ2) is 8.21. The van der Waals surface area contributed by atoms with Crippen molar-refractivity contribution in [2.24, 2.45) is 0 Å². The van der Waals surface area contributed by atoms with Crippen molar-refractivity contribution in [2.75, 3.05) is 18.4 Å². The van der Waals surface area contributed by atoms with Crippen LogP contribution in [0, 0.1) is 0 Å². The molecule has 11 heteroatoms. The molecule has 1 unspecified atom stereocenters. The first-order chi connectivity index (χ1) is 15.9. The SMILES string of the molecule is CCNC(=O)c1nc(Cl)cc(Oc2ccc3c(ccc4oc5c(c43)NCC(C)NC5=O)n2)n1. The lowest BCUT2D eigenvalue weighted by molar-refractivity contribution is 0.0918. The Kier molecular flexibility index (Phi) is 5.21. The highest BCUT2D eigenvalue weighted by Gasteiger charge is 2.26. The van der Waals surface area contributed by atoms with Gasteiger partial charge < -0.3 is 25.1 Å². The van der Waals surface area contributed by atoms with Crippen molar-refractivity contribution in [3.63, 3.8) is 0 Å². The number of benzene rings is 1. The minimum Gasteiger partial charge on any atom is -0.449 e. The number of hydrogen-bond acceptors (Lipinski definition) is 8. The number of nitrogens with zero attached hydrogens (tertiary/aromatic N) is 3. The molecule has 1 aliphatic rings. The van der Waals surface area contributed by atoms with Crippen LogP contribution >= 0.6 is 11.6 Å². The topological polar surface area (TPSA) is 131 Å². The molecule has 10 nitrogen and oxygen atoms in total. The van der Waals surface area contributed by atoms with Gasteiger partial charge in [-0.25, -0.2) is 9.97 Å². The molecule has 3 aromatic heterocycles. The minimum absolute atomic E-state index is 0.0350. The molecule has 0 radical (unpaired) electrons. The van der Waals surface area contributed by atoms with E-state index in [0.717, 1.165) is 10.8 Å². The summed E-state index contributed by atoms with van der Waals surface area (Å²) in [5.74, 6) is -0.216. The van der Waals surface area contributed by atoms with E-state index in [2.05, 4.69) is 30.9 Å². The molecule has 3 N–H and O–H groups in total. The maximum absolute atomic E-state index is 12.5. The molecule has 0 saturated heterocycles. The Balaban J connectivity index is 1.53. The lowest BCUT2D eigenvalue weighted by atomic mass is 10.1. The average molecular weight is 467 g/mol. The molecule has 1 aliphatic heterocycles. The maximum atomic E-state index is 12.5. The van der Waals surface area contributed by atoms with Crippen molar-refractivity contribution in [2.45, 2.75) is 19.9 Å². The van der Waals surface area contributed by atoms with E-state index in [1.54, 1.807) is 25.1 Å². The largest absolute Gasteiger partial charge is 0.449 e. The predicted octanol–water partition coefficient (Wildman–Crippen LogP) is 3.51. The van der Waals surface area contributed by atoms with Crippen LogP contribution in [0.25, 0.3) is 21.9 Å². The molecule has 5 rings (SSSR count). The zero-order chi connectivity index (χ0) is 23.1. The fourth-order valence-electron chi connectivity index (χ4n) is 3.66.